The van der Waals surface area contributed by atoms with Gasteiger partial charge in [0.2, 0.25) is 5.91 Å². The summed E-state index contributed by atoms with van der Waals surface area (Å²) in [4.78, 5) is 30.2. The van der Waals surface area contributed by atoms with E-state index in [1.165, 1.54) is 52.8 Å². The summed E-state index contributed by atoms with van der Waals surface area (Å²) >= 11 is 2.78. The molecule has 8 heteroatoms. The van der Waals surface area contributed by atoms with Gasteiger partial charge < -0.3 is 10.6 Å². The van der Waals surface area contributed by atoms with Gasteiger partial charge in [0.25, 0.3) is 5.91 Å². The standard InChI is InChI=1S/C28H20FN3O2S2/c29-22-9-7-19(8-10-22)27(34)30-23-11-13-24(14-12-23)35-17-26(33)32-28-31-25(16-36-28)21-6-5-18-3-1-2-4-20(18)15-21/h1-16H,17H2,(H,30,34)(H,31,32,33). The number of thiazole rings is 1. The first-order valence-electron chi connectivity index (χ1n) is 11.1. The van der Waals surface area contributed by atoms with Crippen molar-refractivity contribution in [3.63, 3.8) is 0 Å². The molecule has 36 heavy (non-hydrogen) atoms. The highest BCUT2D eigenvalue weighted by atomic mass is 32.2. The van der Waals surface area contributed by atoms with Crippen LogP contribution in [0.25, 0.3) is 22.0 Å². The number of carbonyl (C=O) groups is 2. The van der Waals surface area contributed by atoms with Crippen molar-refractivity contribution < 1.29 is 14.0 Å². The largest absolute Gasteiger partial charge is 0.322 e. The molecule has 178 valence electrons. The van der Waals surface area contributed by atoms with Gasteiger partial charge in [0.05, 0.1) is 11.4 Å². The van der Waals surface area contributed by atoms with Gasteiger partial charge in [0.15, 0.2) is 5.13 Å². The van der Waals surface area contributed by atoms with E-state index in [2.05, 4.69) is 39.9 Å². The molecule has 0 fully saturated rings. The Morgan fingerprint density at radius 1 is 0.861 bits per heavy atom. The van der Waals surface area contributed by atoms with Crippen molar-refractivity contribution in [2.75, 3.05) is 16.4 Å². The second-order valence-electron chi connectivity index (χ2n) is 7.92. The fraction of sp³-hybridized carbons (Fsp3) is 0.0357. The monoisotopic (exact) mass is 513 g/mol. The Morgan fingerprint density at radius 3 is 2.39 bits per heavy atom. The number of fused-ring (bicyclic) bond motifs is 1. The van der Waals surface area contributed by atoms with Gasteiger partial charge in [-0.3, -0.25) is 9.59 Å². The molecule has 0 saturated carbocycles. The summed E-state index contributed by atoms with van der Waals surface area (Å²) in [5, 5.41) is 10.4. The zero-order chi connectivity index (χ0) is 24.9. The third kappa shape index (κ3) is 5.79. The van der Waals surface area contributed by atoms with Crippen LogP contribution in [-0.4, -0.2) is 22.6 Å². The van der Waals surface area contributed by atoms with Crippen LogP contribution in [0, 0.1) is 5.82 Å². The lowest BCUT2D eigenvalue weighted by Gasteiger charge is -2.07. The Morgan fingerprint density at radius 2 is 1.61 bits per heavy atom. The van der Waals surface area contributed by atoms with E-state index in [-0.39, 0.29) is 17.6 Å². The molecule has 2 N–H and O–H groups in total. The number of aromatic nitrogens is 1. The van der Waals surface area contributed by atoms with E-state index in [0.717, 1.165) is 21.5 Å². The lowest BCUT2D eigenvalue weighted by atomic mass is 10.1. The average Bonchev–Trinajstić information content (AvgIpc) is 3.37. The molecule has 2 amide bonds. The van der Waals surface area contributed by atoms with E-state index in [1.54, 1.807) is 12.1 Å². The summed E-state index contributed by atoms with van der Waals surface area (Å²) in [5.41, 5.74) is 2.82. The minimum Gasteiger partial charge on any atom is -0.322 e. The number of hydrogen-bond donors (Lipinski definition) is 2. The van der Waals surface area contributed by atoms with E-state index >= 15 is 0 Å². The predicted molar refractivity (Wildman–Crippen MR) is 145 cm³/mol. The van der Waals surface area contributed by atoms with Crippen molar-refractivity contribution >= 4 is 56.5 Å². The van der Waals surface area contributed by atoms with E-state index in [9.17, 15) is 14.0 Å². The van der Waals surface area contributed by atoms with Crippen LogP contribution in [0.1, 0.15) is 10.4 Å². The number of carbonyl (C=O) groups excluding carboxylic acids is 2. The Balaban J connectivity index is 1.13. The molecule has 1 aromatic heterocycles. The van der Waals surface area contributed by atoms with E-state index in [4.69, 9.17) is 0 Å². The van der Waals surface area contributed by atoms with Gasteiger partial charge in [-0.05, 0) is 65.4 Å². The number of amides is 2. The molecule has 0 atom stereocenters. The number of nitrogens with one attached hydrogen (secondary N) is 2. The van der Waals surface area contributed by atoms with Crippen molar-refractivity contribution in [2.24, 2.45) is 0 Å². The lowest BCUT2D eigenvalue weighted by molar-refractivity contribution is -0.113. The van der Waals surface area contributed by atoms with Crippen molar-refractivity contribution in [1.82, 2.24) is 4.98 Å². The van der Waals surface area contributed by atoms with Crippen LogP contribution in [-0.2, 0) is 4.79 Å². The number of hydrogen-bond acceptors (Lipinski definition) is 5. The van der Waals surface area contributed by atoms with Gasteiger partial charge in [0.1, 0.15) is 5.82 Å². The number of benzene rings is 4. The van der Waals surface area contributed by atoms with Crippen molar-refractivity contribution in [3.05, 3.63) is 108 Å². The molecule has 0 saturated heterocycles. The highest BCUT2D eigenvalue weighted by Gasteiger charge is 2.10. The van der Waals surface area contributed by atoms with E-state index < -0.39 is 5.82 Å². The van der Waals surface area contributed by atoms with Crippen LogP contribution in [0.3, 0.4) is 0 Å². The number of rotatable bonds is 7. The average molecular weight is 514 g/mol. The molecule has 5 nitrogen and oxygen atoms in total. The quantitative estimate of drug-likeness (QED) is 0.228. The number of thioether (sulfide) groups is 1. The minimum absolute atomic E-state index is 0.145. The Kier molecular flexibility index (Phi) is 7.06. The van der Waals surface area contributed by atoms with E-state index in [1.807, 2.05) is 35.7 Å². The molecule has 0 unspecified atom stereocenters. The van der Waals surface area contributed by atoms with Gasteiger partial charge in [-0.1, -0.05) is 36.4 Å². The molecular formula is C28H20FN3O2S2. The van der Waals surface area contributed by atoms with Crippen LogP contribution in [0.15, 0.2) is 101 Å². The number of halogens is 1. The molecule has 0 spiro atoms. The maximum absolute atomic E-state index is 13.0. The first kappa shape index (κ1) is 23.7. The second-order valence-corrected chi connectivity index (χ2v) is 9.83. The Bertz CT molecular complexity index is 1530. The summed E-state index contributed by atoms with van der Waals surface area (Å²) in [6, 6.07) is 26.9. The molecule has 1 heterocycles. The Hall–Kier alpha value is -4.01. The fourth-order valence-corrected chi connectivity index (χ4v) is 4.99. The molecule has 0 bridgehead atoms. The summed E-state index contributed by atoms with van der Waals surface area (Å²) < 4.78 is 13.0. The first-order valence-corrected chi connectivity index (χ1v) is 12.9. The van der Waals surface area contributed by atoms with Crippen LogP contribution in [0.2, 0.25) is 0 Å². The summed E-state index contributed by atoms with van der Waals surface area (Å²) in [5.74, 6) is -0.627. The molecule has 0 radical (unpaired) electrons. The van der Waals surface area contributed by atoms with Crippen LogP contribution in [0.4, 0.5) is 15.2 Å². The number of anilines is 2. The van der Waals surface area contributed by atoms with Crippen LogP contribution < -0.4 is 10.6 Å². The van der Waals surface area contributed by atoms with Gasteiger partial charge in [0, 0.05) is 27.1 Å². The molecular weight excluding hydrogens is 493 g/mol. The zero-order valence-corrected chi connectivity index (χ0v) is 20.5. The summed E-state index contributed by atoms with van der Waals surface area (Å²) in [6.07, 6.45) is 0. The van der Waals surface area contributed by atoms with Crippen LogP contribution >= 0.6 is 23.1 Å². The third-order valence-electron chi connectivity index (χ3n) is 5.38. The molecule has 5 aromatic rings. The minimum atomic E-state index is -0.391. The van der Waals surface area contributed by atoms with Crippen molar-refractivity contribution in [1.29, 1.82) is 0 Å². The fourth-order valence-electron chi connectivity index (χ4n) is 3.56. The number of nitrogens with zero attached hydrogens (tertiary/aromatic N) is 1. The molecule has 0 aliphatic heterocycles. The van der Waals surface area contributed by atoms with Crippen LogP contribution in [0.5, 0.6) is 0 Å². The summed E-state index contributed by atoms with van der Waals surface area (Å²) in [6.45, 7) is 0. The van der Waals surface area contributed by atoms with Gasteiger partial charge >= 0.3 is 0 Å². The second kappa shape index (κ2) is 10.7. The normalized spacial score (nSPS) is 10.8. The summed E-state index contributed by atoms with van der Waals surface area (Å²) in [7, 11) is 0. The van der Waals surface area contributed by atoms with Gasteiger partial charge in [-0.15, -0.1) is 23.1 Å². The highest BCUT2D eigenvalue weighted by molar-refractivity contribution is 8.00. The maximum Gasteiger partial charge on any atom is 0.255 e. The lowest BCUT2D eigenvalue weighted by Crippen LogP contribution is -2.13. The van der Waals surface area contributed by atoms with Crippen molar-refractivity contribution in [2.45, 2.75) is 4.90 Å². The topological polar surface area (TPSA) is 71.1 Å². The first-order chi connectivity index (χ1) is 17.5. The molecule has 0 aliphatic rings. The zero-order valence-electron chi connectivity index (χ0n) is 18.9. The van der Waals surface area contributed by atoms with Gasteiger partial charge in [-0.2, -0.15) is 0 Å². The molecule has 5 rings (SSSR count). The van der Waals surface area contributed by atoms with Gasteiger partial charge in [-0.25, -0.2) is 9.37 Å². The SMILES string of the molecule is O=C(CSc1ccc(NC(=O)c2ccc(F)cc2)cc1)Nc1nc(-c2ccc3ccccc3c2)cs1. The highest BCUT2D eigenvalue weighted by Crippen LogP contribution is 2.28. The smallest absolute Gasteiger partial charge is 0.255 e. The third-order valence-corrected chi connectivity index (χ3v) is 7.15. The predicted octanol–water partition coefficient (Wildman–Crippen LogP) is 7.09. The molecule has 4 aromatic carbocycles. The Labute approximate surface area is 215 Å². The maximum atomic E-state index is 13.0. The van der Waals surface area contributed by atoms with E-state index in [0.29, 0.717) is 16.4 Å². The van der Waals surface area contributed by atoms with Crippen molar-refractivity contribution in [3.8, 4) is 11.3 Å². The molecule has 0 aliphatic carbocycles.